The van der Waals surface area contributed by atoms with Crippen molar-refractivity contribution in [3.8, 4) is 0 Å². The fourth-order valence-electron chi connectivity index (χ4n) is 2.11. The van der Waals surface area contributed by atoms with Crippen molar-refractivity contribution in [2.24, 2.45) is 5.92 Å². The van der Waals surface area contributed by atoms with E-state index >= 15 is 0 Å². The average molecular weight is 252 g/mol. The summed E-state index contributed by atoms with van der Waals surface area (Å²) in [6.45, 7) is 6.12. The van der Waals surface area contributed by atoms with Crippen molar-refractivity contribution in [3.05, 3.63) is 29.6 Å². The molecule has 3 nitrogen and oxygen atoms in total. The Morgan fingerprint density at radius 1 is 1.39 bits per heavy atom. The number of rotatable bonds is 5. The van der Waals surface area contributed by atoms with Gasteiger partial charge < -0.3 is 11.1 Å². The van der Waals surface area contributed by atoms with Gasteiger partial charge in [-0.2, -0.15) is 0 Å². The SMILES string of the molecule is CCC(CC)C(C)NC(=O)c1ccc(N)cc1F. The Morgan fingerprint density at radius 2 is 2.00 bits per heavy atom. The summed E-state index contributed by atoms with van der Waals surface area (Å²) in [5.41, 5.74) is 5.81. The van der Waals surface area contributed by atoms with Crippen LogP contribution in [0.3, 0.4) is 0 Å². The first kappa shape index (κ1) is 14.5. The number of nitrogen functional groups attached to an aromatic ring is 1. The predicted octanol–water partition coefficient (Wildman–Crippen LogP) is 2.96. The minimum atomic E-state index is -0.579. The number of nitrogens with two attached hydrogens (primary N) is 1. The van der Waals surface area contributed by atoms with Crippen LogP contribution in [0.5, 0.6) is 0 Å². The molecule has 0 aliphatic carbocycles. The Labute approximate surface area is 108 Å². The van der Waals surface area contributed by atoms with E-state index in [-0.39, 0.29) is 17.5 Å². The fourth-order valence-corrected chi connectivity index (χ4v) is 2.11. The van der Waals surface area contributed by atoms with E-state index in [0.717, 1.165) is 18.9 Å². The van der Waals surface area contributed by atoms with Crippen LogP contribution in [-0.4, -0.2) is 11.9 Å². The van der Waals surface area contributed by atoms with Gasteiger partial charge in [0.1, 0.15) is 5.82 Å². The molecule has 3 N–H and O–H groups in total. The highest BCUT2D eigenvalue weighted by Crippen LogP contribution is 2.15. The van der Waals surface area contributed by atoms with E-state index in [2.05, 4.69) is 19.2 Å². The first-order valence-corrected chi connectivity index (χ1v) is 6.35. The molecule has 0 aromatic heterocycles. The van der Waals surface area contributed by atoms with Gasteiger partial charge in [-0.05, 0) is 31.0 Å². The molecule has 4 heteroatoms. The number of hydrogen-bond acceptors (Lipinski definition) is 2. The maximum Gasteiger partial charge on any atom is 0.254 e. The lowest BCUT2D eigenvalue weighted by molar-refractivity contribution is 0.0921. The first-order valence-electron chi connectivity index (χ1n) is 6.35. The molecule has 0 aliphatic heterocycles. The summed E-state index contributed by atoms with van der Waals surface area (Å²) in [5, 5.41) is 2.84. The Morgan fingerprint density at radius 3 is 2.50 bits per heavy atom. The van der Waals surface area contributed by atoms with Crippen LogP contribution in [-0.2, 0) is 0 Å². The van der Waals surface area contributed by atoms with Crippen LogP contribution in [0.15, 0.2) is 18.2 Å². The van der Waals surface area contributed by atoms with Gasteiger partial charge in [-0.25, -0.2) is 4.39 Å². The van der Waals surface area contributed by atoms with Gasteiger partial charge in [0.2, 0.25) is 0 Å². The van der Waals surface area contributed by atoms with Crippen LogP contribution in [0.25, 0.3) is 0 Å². The topological polar surface area (TPSA) is 55.1 Å². The monoisotopic (exact) mass is 252 g/mol. The highest BCUT2D eigenvalue weighted by molar-refractivity contribution is 5.95. The Kier molecular flexibility index (Phi) is 5.13. The van der Waals surface area contributed by atoms with Gasteiger partial charge in [-0.3, -0.25) is 4.79 Å². The van der Waals surface area contributed by atoms with Crippen LogP contribution in [0.4, 0.5) is 10.1 Å². The number of carbonyl (C=O) groups excluding carboxylic acids is 1. The second kappa shape index (κ2) is 6.38. The Hall–Kier alpha value is -1.58. The third-order valence-corrected chi connectivity index (χ3v) is 3.35. The number of carbonyl (C=O) groups is 1. The molecule has 100 valence electrons. The van der Waals surface area contributed by atoms with Crippen LogP contribution < -0.4 is 11.1 Å². The second-order valence-corrected chi connectivity index (χ2v) is 4.58. The molecular formula is C14H21FN2O. The zero-order chi connectivity index (χ0) is 13.7. The number of amides is 1. The van der Waals surface area contributed by atoms with Crippen molar-refractivity contribution < 1.29 is 9.18 Å². The number of benzene rings is 1. The molecule has 0 aliphatic rings. The largest absolute Gasteiger partial charge is 0.399 e. The molecule has 0 saturated carbocycles. The number of nitrogens with one attached hydrogen (secondary N) is 1. The van der Waals surface area contributed by atoms with Crippen LogP contribution in [0.2, 0.25) is 0 Å². The molecular weight excluding hydrogens is 231 g/mol. The summed E-state index contributed by atoms with van der Waals surface area (Å²) in [5.74, 6) is -0.554. The van der Waals surface area contributed by atoms with Gasteiger partial charge in [0.15, 0.2) is 0 Å². The summed E-state index contributed by atoms with van der Waals surface area (Å²) in [7, 11) is 0. The second-order valence-electron chi connectivity index (χ2n) is 4.58. The molecule has 0 bridgehead atoms. The van der Waals surface area contributed by atoms with Crippen LogP contribution >= 0.6 is 0 Å². The van der Waals surface area contributed by atoms with Crippen LogP contribution in [0.1, 0.15) is 44.0 Å². The quantitative estimate of drug-likeness (QED) is 0.792. The number of halogens is 1. The van der Waals surface area contributed by atoms with E-state index < -0.39 is 5.82 Å². The van der Waals surface area contributed by atoms with E-state index in [9.17, 15) is 9.18 Å². The molecule has 1 rings (SSSR count). The lowest BCUT2D eigenvalue weighted by atomic mass is 9.95. The van der Waals surface area contributed by atoms with Crippen molar-refractivity contribution in [1.82, 2.24) is 5.32 Å². The van der Waals surface area contributed by atoms with E-state index in [0.29, 0.717) is 11.6 Å². The van der Waals surface area contributed by atoms with Gasteiger partial charge >= 0.3 is 0 Å². The van der Waals surface area contributed by atoms with Crippen LogP contribution in [0, 0.1) is 11.7 Å². The van der Waals surface area contributed by atoms with Gasteiger partial charge in [-0.15, -0.1) is 0 Å². The van der Waals surface area contributed by atoms with E-state index in [1.54, 1.807) is 0 Å². The number of hydrogen-bond donors (Lipinski definition) is 2. The third-order valence-electron chi connectivity index (χ3n) is 3.35. The molecule has 0 radical (unpaired) electrons. The van der Waals surface area contributed by atoms with Gasteiger partial charge in [0.25, 0.3) is 5.91 Å². The molecule has 0 heterocycles. The van der Waals surface area contributed by atoms with E-state index in [1.165, 1.54) is 12.1 Å². The van der Waals surface area contributed by atoms with Gasteiger partial charge in [-0.1, -0.05) is 26.7 Å². The standard InChI is InChI=1S/C14H21FN2O/c1-4-10(5-2)9(3)17-14(18)12-7-6-11(16)8-13(12)15/h6-10H,4-5,16H2,1-3H3,(H,17,18). The maximum atomic E-state index is 13.6. The minimum Gasteiger partial charge on any atom is -0.399 e. The zero-order valence-electron chi connectivity index (χ0n) is 11.2. The minimum absolute atomic E-state index is 0.0319. The average Bonchev–Trinajstić information content (AvgIpc) is 2.30. The molecule has 0 saturated heterocycles. The Balaban J connectivity index is 2.76. The fraction of sp³-hybridized carbons (Fsp3) is 0.500. The molecule has 1 atom stereocenters. The molecule has 1 amide bonds. The van der Waals surface area contributed by atoms with Crippen molar-refractivity contribution in [2.45, 2.75) is 39.7 Å². The summed E-state index contributed by atoms with van der Waals surface area (Å²) in [6, 6.07) is 4.14. The van der Waals surface area contributed by atoms with Crippen molar-refractivity contribution in [1.29, 1.82) is 0 Å². The highest BCUT2D eigenvalue weighted by atomic mass is 19.1. The normalized spacial score (nSPS) is 12.5. The van der Waals surface area contributed by atoms with E-state index in [4.69, 9.17) is 5.73 Å². The number of anilines is 1. The van der Waals surface area contributed by atoms with Crippen molar-refractivity contribution in [3.63, 3.8) is 0 Å². The lowest BCUT2D eigenvalue weighted by Crippen LogP contribution is -2.38. The molecule has 1 aromatic rings. The molecule has 1 unspecified atom stereocenters. The van der Waals surface area contributed by atoms with E-state index in [1.807, 2.05) is 6.92 Å². The van der Waals surface area contributed by atoms with Gasteiger partial charge in [0.05, 0.1) is 5.56 Å². The van der Waals surface area contributed by atoms with Crippen molar-refractivity contribution >= 4 is 11.6 Å². The molecule has 0 spiro atoms. The zero-order valence-corrected chi connectivity index (χ0v) is 11.2. The maximum absolute atomic E-state index is 13.6. The van der Waals surface area contributed by atoms with Gasteiger partial charge in [0, 0.05) is 11.7 Å². The lowest BCUT2D eigenvalue weighted by Gasteiger charge is -2.22. The third kappa shape index (κ3) is 3.45. The summed E-state index contributed by atoms with van der Waals surface area (Å²) in [4.78, 5) is 11.9. The summed E-state index contributed by atoms with van der Waals surface area (Å²) in [6.07, 6.45) is 1.98. The Bertz CT molecular complexity index is 416. The summed E-state index contributed by atoms with van der Waals surface area (Å²) < 4.78 is 13.6. The summed E-state index contributed by atoms with van der Waals surface area (Å²) >= 11 is 0. The van der Waals surface area contributed by atoms with Crippen molar-refractivity contribution in [2.75, 3.05) is 5.73 Å². The first-order chi connectivity index (χ1) is 8.49. The molecule has 0 fully saturated rings. The predicted molar refractivity (Wildman–Crippen MR) is 71.8 cm³/mol. The smallest absolute Gasteiger partial charge is 0.254 e. The highest BCUT2D eigenvalue weighted by Gasteiger charge is 2.18. The molecule has 1 aromatic carbocycles. The molecule has 18 heavy (non-hydrogen) atoms.